The lowest BCUT2D eigenvalue weighted by atomic mass is 9.94. The molecule has 0 bridgehead atoms. The molecule has 1 aromatic rings. The largest absolute Gasteiger partial charge is 0.350 e. The molecule has 0 saturated carbocycles. The zero-order valence-corrected chi connectivity index (χ0v) is 9.83. The van der Waals surface area contributed by atoms with Crippen molar-refractivity contribution in [2.75, 3.05) is 0 Å². The summed E-state index contributed by atoms with van der Waals surface area (Å²) in [6.07, 6.45) is 3.86. The molecule has 1 unspecified atom stereocenters. The Bertz CT molecular complexity index is 439. The zero-order chi connectivity index (χ0) is 11.7. The summed E-state index contributed by atoms with van der Waals surface area (Å²) in [6, 6.07) is 0.945. The number of hydrogen-bond donors (Lipinski definition) is 2. The average Bonchev–Trinajstić information content (AvgIpc) is 2.73. The number of nitrogens with zero attached hydrogens (tertiary/aromatic N) is 1. The maximum atomic E-state index is 10.9. The summed E-state index contributed by atoms with van der Waals surface area (Å²) in [6.45, 7) is 1.77. The van der Waals surface area contributed by atoms with Gasteiger partial charge >= 0.3 is 6.03 Å². The molecule has 0 radical (unpaired) electrons. The van der Waals surface area contributed by atoms with Crippen LogP contribution in [-0.4, -0.2) is 22.3 Å². The third-order valence-electron chi connectivity index (χ3n) is 2.91. The highest BCUT2D eigenvalue weighted by Crippen LogP contribution is 2.30. The quantitative estimate of drug-likeness (QED) is 0.613. The van der Waals surface area contributed by atoms with Crippen molar-refractivity contribution in [3.05, 3.63) is 27.5 Å². The van der Waals surface area contributed by atoms with Gasteiger partial charge in [-0.05, 0) is 48.4 Å². The van der Waals surface area contributed by atoms with E-state index in [-0.39, 0.29) is 6.04 Å². The molecule has 1 aromatic heterocycles. The number of thiophene rings is 1. The second kappa shape index (κ2) is 4.27. The lowest BCUT2D eigenvalue weighted by molar-refractivity contribution is -0.0597. The molecular weight excluding hydrogens is 224 g/mol. The number of carbonyl (C=O) groups excluding carboxylic acids is 1. The van der Waals surface area contributed by atoms with Crippen LogP contribution in [0.3, 0.4) is 0 Å². The van der Waals surface area contributed by atoms with Gasteiger partial charge in [0.25, 0.3) is 0 Å². The molecule has 3 N–H and O–H groups in total. The fraction of sp³-hybridized carbons (Fsp3) is 0.364. The van der Waals surface area contributed by atoms with Crippen molar-refractivity contribution in [3.8, 4) is 0 Å². The van der Waals surface area contributed by atoms with Crippen LogP contribution in [0.1, 0.15) is 23.8 Å². The van der Waals surface area contributed by atoms with E-state index in [2.05, 4.69) is 11.4 Å². The van der Waals surface area contributed by atoms with Crippen LogP contribution in [0.25, 0.3) is 6.08 Å². The van der Waals surface area contributed by atoms with Gasteiger partial charge in [0.2, 0.25) is 0 Å². The summed E-state index contributed by atoms with van der Waals surface area (Å²) >= 11 is 1.67. The van der Waals surface area contributed by atoms with Crippen LogP contribution in [0, 0.1) is 0 Å². The fourth-order valence-corrected chi connectivity index (χ4v) is 2.80. The third kappa shape index (κ3) is 1.96. The van der Waals surface area contributed by atoms with Gasteiger partial charge in [0, 0.05) is 4.88 Å². The highest BCUT2D eigenvalue weighted by atomic mass is 32.1. The number of carbonyl (C=O) groups is 1. The van der Waals surface area contributed by atoms with Crippen LogP contribution in [-0.2, 0) is 6.42 Å². The molecule has 1 heterocycles. The minimum absolute atomic E-state index is 0.354. The Morgan fingerprint density at radius 1 is 1.62 bits per heavy atom. The highest BCUT2D eigenvalue weighted by Gasteiger charge is 2.22. The Hall–Kier alpha value is -1.33. The Kier molecular flexibility index (Phi) is 2.98. The van der Waals surface area contributed by atoms with Gasteiger partial charge in [0.05, 0.1) is 6.04 Å². The van der Waals surface area contributed by atoms with Crippen molar-refractivity contribution in [1.82, 2.24) is 5.06 Å². The van der Waals surface area contributed by atoms with E-state index in [0.29, 0.717) is 5.06 Å². The van der Waals surface area contributed by atoms with Crippen LogP contribution in [0.5, 0.6) is 0 Å². The Morgan fingerprint density at radius 2 is 2.38 bits per heavy atom. The van der Waals surface area contributed by atoms with Gasteiger partial charge in [-0.2, -0.15) is 5.06 Å². The number of amides is 2. The molecule has 1 aliphatic rings. The molecule has 0 fully saturated rings. The average molecular weight is 238 g/mol. The molecule has 0 aliphatic heterocycles. The first kappa shape index (κ1) is 11.2. The molecule has 4 nitrogen and oxygen atoms in total. The standard InChI is InChI=1S/C11H14N2O2S/c1-7(13(15)11(12)14)9-3-2-8-4-5-16-10(8)6-9/h4-7,15H,2-3H2,1H3,(H2,12,14). The van der Waals surface area contributed by atoms with E-state index >= 15 is 0 Å². The van der Waals surface area contributed by atoms with Crippen molar-refractivity contribution in [3.63, 3.8) is 0 Å². The lowest BCUT2D eigenvalue weighted by Gasteiger charge is -2.25. The summed E-state index contributed by atoms with van der Waals surface area (Å²) in [5, 5.41) is 12.1. The van der Waals surface area contributed by atoms with E-state index in [9.17, 15) is 10.0 Å². The first-order valence-electron chi connectivity index (χ1n) is 5.14. The van der Waals surface area contributed by atoms with Gasteiger partial charge in [0.15, 0.2) is 0 Å². The topological polar surface area (TPSA) is 66.6 Å². The van der Waals surface area contributed by atoms with Crippen LogP contribution in [0.4, 0.5) is 4.79 Å². The third-order valence-corrected chi connectivity index (χ3v) is 3.82. The molecule has 0 saturated heterocycles. The second-order valence-corrected chi connectivity index (χ2v) is 4.84. The highest BCUT2D eigenvalue weighted by molar-refractivity contribution is 7.11. The molecule has 2 amide bonds. The van der Waals surface area contributed by atoms with Crippen molar-refractivity contribution < 1.29 is 10.0 Å². The predicted octanol–water partition coefficient (Wildman–Crippen LogP) is 2.24. The number of urea groups is 1. The molecule has 2 rings (SSSR count). The predicted molar refractivity (Wildman–Crippen MR) is 63.3 cm³/mol. The summed E-state index contributed by atoms with van der Waals surface area (Å²) in [5.41, 5.74) is 7.41. The maximum Gasteiger partial charge on any atom is 0.339 e. The van der Waals surface area contributed by atoms with E-state index < -0.39 is 6.03 Å². The number of hydroxylamine groups is 2. The van der Waals surface area contributed by atoms with Crippen molar-refractivity contribution >= 4 is 23.4 Å². The maximum absolute atomic E-state index is 10.9. The van der Waals surface area contributed by atoms with Crippen molar-refractivity contribution in [2.24, 2.45) is 5.73 Å². The molecular formula is C11H14N2O2S. The van der Waals surface area contributed by atoms with Crippen LogP contribution in [0.2, 0.25) is 0 Å². The first-order valence-corrected chi connectivity index (χ1v) is 6.02. The van der Waals surface area contributed by atoms with Crippen molar-refractivity contribution in [2.45, 2.75) is 25.8 Å². The van der Waals surface area contributed by atoms with Crippen LogP contribution in [0.15, 0.2) is 17.0 Å². The molecule has 1 atom stereocenters. The summed E-state index contributed by atoms with van der Waals surface area (Å²) in [7, 11) is 0. The Balaban J connectivity index is 2.21. The number of rotatable bonds is 2. The van der Waals surface area contributed by atoms with Gasteiger partial charge in [0.1, 0.15) is 0 Å². The number of nitrogens with two attached hydrogens (primary N) is 1. The molecule has 1 aliphatic carbocycles. The molecule has 16 heavy (non-hydrogen) atoms. The van der Waals surface area contributed by atoms with Gasteiger partial charge in [-0.15, -0.1) is 11.3 Å². The van der Waals surface area contributed by atoms with Gasteiger partial charge < -0.3 is 5.73 Å². The minimum Gasteiger partial charge on any atom is -0.350 e. The van der Waals surface area contributed by atoms with E-state index in [1.54, 1.807) is 18.3 Å². The summed E-state index contributed by atoms with van der Waals surface area (Å²) < 4.78 is 0. The number of hydrogen-bond acceptors (Lipinski definition) is 3. The monoisotopic (exact) mass is 238 g/mol. The number of primary amides is 1. The zero-order valence-electron chi connectivity index (χ0n) is 9.01. The van der Waals surface area contributed by atoms with Crippen LogP contribution >= 0.6 is 11.3 Å². The number of fused-ring (bicyclic) bond motifs is 1. The molecule has 0 aromatic carbocycles. The SMILES string of the molecule is CC(C1=Cc2sccc2CC1)N(O)C(N)=O. The van der Waals surface area contributed by atoms with E-state index in [4.69, 9.17) is 5.73 Å². The smallest absolute Gasteiger partial charge is 0.339 e. The van der Waals surface area contributed by atoms with Crippen molar-refractivity contribution in [1.29, 1.82) is 0 Å². The van der Waals surface area contributed by atoms with Gasteiger partial charge in [-0.1, -0.05) is 0 Å². The summed E-state index contributed by atoms with van der Waals surface area (Å²) in [4.78, 5) is 12.1. The Morgan fingerprint density at radius 3 is 3.06 bits per heavy atom. The minimum atomic E-state index is -0.814. The van der Waals surface area contributed by atoms with E-state index in [1.165, 1.54) is 10.4 Å². The summed E-state index contributed by atoms with van der Waals surface area (Å²) in [5.74, 6) is 0. The molecule has 0 spiro atoms. The fourth-order valence-electron chi connectivity index (χ4n) is 1.88. The van der Waals surface area contributed by atoms with E-state index in [1.807, 2.05) is 6.08 Å². The second-order valence-electron chi connectivity index (χ2n) is 3.89. The van der Waals surface area contributed by atoms with Gasteiger partial charge in [-0.3, -0.25) is 5.21 Å². The van der Waals surface area contributed by atoms with Crippen LogP contribution < -0.4 is 5.73 Å². The molecule has 5 heteroatoms. The Labute approximate surface area is 97.9 Å². The first-order chi connectivity index (χ1) is 7.59. The number of aryl methyl sites for hydroxylation is 1. The molecule has 86 valence electrons. The van der Waals surface area contributed by atoms with E-state index in [0.717, 1.165) is 18.4 Å². The van der Waals surface area contributed by atoms with Gasteiger partial charge in [-0.25, -0.2) is 4.79 Å². The normalized spacial score (nSPS) is 16.2. The lowest BCUT2D eigenvalue weighted by Crippen LogP contribution is -2.40.